The standard InChI is InChI=1S/C25H30ClN5O4/c1-17(2)25(33)30-14-12-29(13-15-30)23-19(26)6-5-7-20(23)27-24(32)18-8-9-21(22(16-18)31(34)35)28-10-3-4-11-28/h5-9,16-17H,3-4,10-15H2,1-2H3,(H,27,32). The lowest BCUT2D eigenvalue weighted by molar-refractivity contribution is -0.384. The Hall–Kier alpha value is -3.33. The zero-order chi connectivity index (χ0) is 25.1. The topological polar surface area (TPSA) is 99.0 Å². The molecule has 0 aliphatic carbocycles. The summed E-state index contributed by atoms with van der Waals surface area (Å²) in [5, 5.41) is 15.1. The maximum absolute atomic E-state index is 13.1. The first-order valence-corrected chi connectivity index (χ1v) is 12.3. The molecule has 0 atom stereocenters. The van der Waals surface area contributed by atoms with Crippen LogP contribution in [0.4, 0.5) is 22.7 Å². The van der Waals surface area contributed by atoms with E-state index in [-0.39, 0.29) is 23.1 Å². The van der Waals surface area contributed by atoms with E-state index in [0.29, 0.717) is 48.3 Å². The molecular formula is C25H30ClN5O4. The van der Waals surface area contributed by atoms with Crippen molar-refractivity contribution in [3.63, 3.8) is 0 Å². The van der Waals surface area contributed by atoms with Gasteiger partial charge in [-0.2, -0.15) is 0 Å². The Balaban J connectivity index is 1.54. The molecule has 35 heavy (non-hydrogen) atoms. The molecule has 9 nitrogen and oxygen atoms in total. The van der Waals surface area contributed by atoms with Crippen molar-refractivity contribution >= 4 is 46.2 Å². The molecule has 10 heteroatoms. The third-order valence-corrected chi connectivity index (χ3v) is 6.82. The summed E-state index contributed by atoms with van der Waals surface area (Å²) in [6.07, 6.45) is 1.99. The number of hydrogen-bond acceptors (Lipinski definition) is 6. The van der Waals surface area contributed by atoms with Crippen molar-refractivity contribution in [2.45, 2.75) is 26.7 Å². The molecule has 2 aliphatic heterocycles. The number of nitrogens with zero attached hydrogens (tertiary/aromatic N) is 4. The fraction of sp³-hybridized carbons (Fsp3) is 0.440. The first-order chi connectivity index (χ1) is 16.8. The van der Waals surface area contributed by atoms with Crippen molar-refractivity contribution in [1.29, 1.82) is 0 Å². The van der Waals surface area contributed by atoms with Crippen molar-refractivity contribution < 1.29 is 14.5 Å². The van der Waals surface area contributed by atoms with Gasteiger partial charge in [0.1, 0.15) is 5.69 Å². The van der Waals surface area contributed by atoms with Gasteiger partial charge in [-0.25, -0.2) is 0 Å². The van der Waals surface area contributed by atoms with E-state index in [1.54, 1.807) is 30.3 Å². The molecule has 0 unspecified atom stereocenters. The number of nitro groups is 1. The summed E-state index contributed by atoms with van der Waals surface area (Å²) < 4.78 is 0. The second-order valence-corrected chi connectivity index (χ2v) is 9.62. The Bertz CT molecular complexity index is 1120. The predicted octanol–water partition coefficient (Wildman–Crippen LogP) is 4.41. The number of hydrogen-bond donors (Lipinski definition) is 1. The van der Waals surface area contributed by atoms with Crippen LogP contribution in [0.3, 0.4) is 0 Å². The van der Waals surface area contributed by atoms with Gasteiger partial charge in [-0.05, 0) is 37.1 Å². The number of halogens is 1. The first kappa shape index (κ1) is 24.8. The zero-order valence-corrected chi connectivity index (χ0v) is 20.8. The van der Waals surface area contributed by atoms with Crippen molar-refractivity contribution in [1.82, 2.24) is 4.90 Å². The average molecular weight is 500 g/mol. The Kier molecular flexibility index (Phi) is 7.45. The molecule has 0 radical (unpaired) electrons. The van der Waals surface area contributed by atoms with E-state index in [0.717, 1.165) is 25.9 Å². The zero-order valence-electron chi connectivity index (χ0n) is 20.0. The highest BCUT2D eigenvalue weighted by molar-refractivity contribution is 6.34. The molecule has 0 saturated carbocycles. The first-order valence-electron chi connectivity index (χ1n) is 11.9. The quantitative estimate of drug-likeness (QED) is 0.467. The number of nitro benzene ring substituents is 1. The van der Waals surface area contributed by atoms with Gasteiger partial charge in [0.2, 0.25) is 5.91 Å². The second kappa shape index (κ2) is 10.5. The lowest BCUT2D eigenvalue weighted by atomic mass is 10.1. The third kappa shape index (κ3) is 5.35. The number of benzene rings is 2. The number of para-hydroxylation sites is 1. The van der Waals surface area contributed by atoms with Crippen LogP contribution in [0.1, 0.15) is 37.0 Å². The highest BCUT2D eigenvalue weighted by Gasteiger charge is 2.27. The summed E-state index contributed by atoms with van der Waals surface area (Å²) in [7, 11) is 0. The Morgan fingerprint density at radius 3 is 2.31 bits per heavy atom. The molecular weight excluding hydrogens is 470 g/mol. The van der Waals surface area contributed by atoms with E-state index >= 15 is 0 Å². The van der Waals surface area contributed by atoms with Crippen LogP contribution in [0.5, 0.6) is 0 Å². The SMILES string of the molecule is CC(C)C(=O)N1CCN(c2c(Cl)cccc2NC(=O)c2ccc(N3CCCC3)c([N+](=O)[O-])c2)CC1. The van der Waals surface area contributed by atoms with E-state index in [2.05, 4.69) is 10.2 Å². The van der Waals surface area contributed by atoms with E-state index in [4.69, 9.17) is 11.6 Å². The summed E-state index contributed by atoms with van der Waals surface area (Å²) in [5.41, 5.74) is 1.88. The van der Waals surface area contributed by atoms with Gasteiger partial charge >= 0.3 is 0 Å². The summed E-state index contributed by atoms with van der Waals surface area (Å²) in [6, 6.07) is 9.88. The minimum absolute atomic E-state index is 0.0578. The van der Waals surface area contributed by atoms with Crippen LogP contribution in [-0.4, -0.2) is 60.9 Å². The van der Waals surface area contributed by atoms with Crippen molar-refractivity contribution in [2.24, 2.45) is 5.92 Å². The normalized spacial score (nSPS) is 16.1. The van der Waals surface area contributed by atoms with Crippen LogP contribution in [0.15, 0.2) is 36.4 Å². The number of piperazine rings is 1. The van der Waals surface area contributed by atoms with Gasteiger partial charge in [-0.1, -0.05) is 31.5 Å². The van der Waals surface area contributed by atoms with Crippen molar-refractivity contribution in [3.8, 4) is 0 Å². The van der Waals surface area contributed by atoms with E-state index < -0.39 is 10.8 Å². The highest BCUT2D eigenvalue weighted by Crippen LogP contribution is 2.36. The molecule has 1 N–H and O–H groups in total. The molecule has 2 saturated heterocycles. The molecule has 4 rings (SSSR count). The van der Waals surface area contributed by atoms with Crippen LogP contribution in [0.25, 0.3) is 0 Å². The van der Waals surface area contributed by atoms with Gasteiger partial charge in [-0.15, -0.1) is 0 Å². The molecule has 2 aliphatic rings. The average Bonchev–Trinajstić information content (AvgIpc) is 3.38. The van der Waals surface area contributed by atoms with E-state index in [1.165, 1.54) is 6.07 Å². The molecule has 2 amide bonds. The van der Waals surface area contributed by atoms with Gasteiger partial charge in [-0.3, -0.25) is 19.7 Å². The lowest BCUT2D eigenvalue weighted by Crippen LogP contribution is -2.50. The van der Waals surface area contributed by atoms with Gasteiger partial charge in [0.25, 0.3) is 11.6 Å². The summed E-state index contributed by atoms with van der Waals surface area (Å²) in [5.74, 6) is -0.382. The lowest BCUT2D eigenvalue weighted by Gasteiger charge is -2.38. The minimum atomic E-state index is -0.446. The van der Waals surface area contributed by atoms with Gasteiger partial charge < -0.3 is 20.0 Å². The van der Waals surface area contributed by atoms with Crippen LogP contribution in [0, 0.1) is 16.0 Å². The van der Waals surface area contributed by atoms with Crippen LogP contribution in [0.2, 0.25) is 5.02 Å². The molecule has 186 valence electrons. The number of nitrogens with one attached hydrogen (secondary N) is 1. The molecule has 2 heterocycles. The number of anilines is 3. The summed E-state index contributed by atoms with van der Waals surface area (Å²) in [6.45, 7) is 7.63. The molecule has 2 aromatic carbocycles. The Labute approximate surface area is 209 Å². The Morgan fingerprint density at radius 2 is 1.69 bits per heavy atom. The minimum Gasteiger partial charge on any atom is -0.366 e. The molecule has 0 bridgehead atoms. The van der Waals surface area contributed by atoms with Crippen LogP contribution in [-0.2, 0) is 4.79 Å². The summed E-state index contributed by atoms with van der Waals surface area (Å²) >= 11 is 6.53. The number of carbonyl (C=O) groups excluding carboxylic acids is 2. The van der Waals surface area contributed by atoms with E-state index in [9.17, 15) is 19.7 Å². The van der Waals surface area contributed by atoms with Gasteiger partial charge in [0.15, 0.2) is 0 Å². The fourth-order valence-electron chi connectivity index (χ4n) is 4.68. The summed E-state index contributed by atoms with van der Waals surface area (Å²) in [4.78, 5) is 42.6. The molecule has 2 aromatic rings. The van der Waals surface area contributed by atoms with Crippen LogP contribution >= 0.6 is 11.6 Å². The number of carbonyl (C=O) groups is 2. The van der Waals surface area contributed by atoms with Crippen LogP contribution < -0.4 is 15.1 Å². The number of amides is 2. The van der Waals surface area contributed by atoms with Gasteiger partial charge in [0.05, 0.1) is 21.3 Å². The van der Waals surface area contributed by atoms with E-state index in [1.807, 2.05) is 23.6 Å². The predicted molar refractivity (Wildman–Crippen MR) is 138 cm³/mol. The Morgan fingerprint density at radius 1 is 1.00 bits per heavy atom. The monoisotopic (exact) mass is 499 g/mol. The second-order valence-electron chi connectivity index (χ2n) is 9.21. The van der Waals surface area contributed by atoms with Crippen molar-refractivity contribution in [2.75, 3.05) is 54.4 Å². The maximum Gasteiger partial charge on any atom is 0.293 e. The molecule has 0 aromatic heterocycles. The smallest absolute Gasteiger partial charge is 0.293 e. The van der Waals surface area contributed by atoms with Crippen molar-refractivity contribution in [3.05, 3.63) is 57.1 Å². The largest absolute Gasteiger partial charge is 0.366 e. The number of rotatable bonds is 6. The fourth-order valence-corrected chi connectivity index (χ4v) is 4.98. The van der Waals surface area contributed by atoms with Gasteiger partial charge in [0, 0.05) is 56.8 Å². The highest BCUT2D eigenvalue weighted by atomic mass is 35.5. The molecule has 0 spiro atoms. The third-order valence-electron chi connectivity index (χ3n) is 6.52. The maximum atomic E-state index is 13.1. The molecule has 2 fully saturated rings.